The summed E-state index contributed by atoms with van der Waals surface area (Å²) in [4.78, 5) is 3.94. The van der Waals surface area contributed by atoms with Crippen LogP contribution in [0.5, 0.6) is 0 Å². The lowest BCUT2D eigenvalue weighted by Crippen LogP contribution is -2.36. The van der Waals surface area contributed by atoms with Gasteiger partial charge in [0.1, 0.15) is 24.1 Å². The molecule has 6 heteroatoms. The Balaban J connectivity index is 1.88. The fourth-order valence-electron chi connectivity index (χ4n) is 2.78. The van der Waals surface area contributed by atoms with E-state index in [-0.39, 0.29) is 12.4 Å². The molecule has 1 N–H and O–H groups in total. The van der Waals surface area contributed by atoms with Crippen LogP contribution >= 0.6 is 0 Å². The summed E-state index contributed by atoms with van der Waals surface area (Å²) < 4.78 is 14.9. The van der Waals surface area contributed by atoms with E-state index in [0.29, 0.717) is 21.1 Å². The number of rotatable bonds is 6. The van der Waals surface area contributed by atoms with Gasteiger partial charge in [0.2, 0.25) is 0 Å². The molecule has 4 nitrogen and oxygen atoms in total. The van der Waals surface area contributed by atoms with Crippen LogP contribution in [0.4, 0.5) is 4.39 Å². The van der Waals surface area contributed by atoms with Crippen molar-refractivity contribution in [3.8, 4) is 0 Å². The Morgan fingerprint density at radius 3 is 2.60 bits per heavy atom. The van der Waals surface area contributed by atoms with Crippen LogP contribution < -0.4 is 5.19 Å². The first-order valence-electron chi connectivity index (χ1n) is 8.09. The third-order valence-electron chi connectivity index (χ3n) is 4.45. The van der Waals surface area contributed by atoms with E-state index in [4.69, 9.17) is 0 Å². The third-order valence-corrected chi connectivity index (χ3v) is 6.13. The standard InChI is InChI=1S/C19H20FN3OSi/c1-14-4-3-5-18(15(14)2)25-11-19(24,10-23-13-21-12-22-23)16-6-8-17(20)9-7-16/h3-9,12-13,24H,10-11H2,1-2H3. The molecule has 1 heterocycles. The highest BCUT2D eigenvalue weighted by Crippen LogP contribution is 2.27. The molecule has 0 saturated carbocycles. The lowest BCUT2D eigenvalue weighted by Gasteiger charge is -2.29. The number of aromatic nitrogens is 3. The molecule has 0 saturated heterocycles. The predicted octanol–water partition coefficient (Wildman–Crippen LogP) is 2.37. The van der Waals surface area contributed by atoms with Crippen molar-refractivity contribution in [3.05, 3.63) is 77.6 Å². The Kier molecular flexibility index (Phi) is 5.10. The highest BCUT2D eigenvalue weighted by molar-refractivity contribution is 6.54. The minimum absolute atomic E-state index is 0.274. The van der Waals surface area contributed by atoms with Crippen LogP contribution in [0.15, 0.2) is 55.1 Å². The zero-order chi connectivity index (χ0) is 17.9. The topological polar surface area (TPSA) is 50.9 Å². The second-order valence-electron chi connectivity index (χ2n) is 6.23. The Labute approximate surface area is 149 Å². The van der Waals surface area contributed by atoms with Gasteiger partial charge >= 0.3 is 0 Å². The zero-order valence-electron chi connectivity index (χ0n) is 14.3. The quantitative estimate of drug-likeness (QED) is 0.692. The van der Waals surface area contributed by atoms with Crippen molar-refractivity contribution in [1.82, 2.24) is 14.8 Å². The summed E-state index contributed by atoms with van der Waals surface area (Å²) in [5, 5.41) is 16.7. The maximum absolute atomic E-state index is 13.3. The van der Waals surface area contributed by atoms with Gasteiger partial charge in [0, 0.05) is 0 Å². The number of aryl methyl sites for hydroxylation is 1. The largest absolute Gasteiger partial charge is 0.384 e. The molecule has 25 heavy (non-hydrogen) atoms. The fraction of sp³-hybridized carbons (Fsp3) is 0.263. The fourth-order valence-corrected chi connectivity index (χ4v) is 4.25. The average molecular weight is 353 g/mol. The number of hydrogen-bond acceptors (Lipinski definition) is 3. The molecule has 1 atom stereocenters. The summed E-state index contributed by atoms with van der Waals surface area (Å²) in [5.41, 5.74) is 2.03. The van der Waals surface area contributed by atoms with Gasteiger partial charge < -0.3 is 5.11 Å². The lowest BCUT2D eigenvalue weighted by atomic mass is 9.96. The maximum Gasteiger partial charge on any atom is 0.137 e. The van der Waals surface area contributed by atoms with Crippen LogP contribution in [-0.4, -0.2) is 29.4 Å². The van der Waals surface area contributed by atoms with Crippen LogP contribution in [0.3, 0.4) is 0 Å². The molecule has 0 amide bonds. The molecule has 0 aliphatic rings. The van der Waals surface area contributed by atoms with Crippen molar-refractivity contribution < 1.29 is 9.50 Å². The number of hydrogen-bond donors (Lipinski definition) is 1. The second-order valence-corrected chi connectivity index (χ2v) is 7.48. The molecule has 1 unspecified atom stereocenters. The van der Waals surface area contributed by atoms with Crippen LogP contribution in [-0.2, 0) is 12.1 Å². The molecule has 0 aliphatic heterocycles. The smallest absolute Gasteiger partial charge is 0.137 e. The predicted molar refractivity (Wildman–Crippen MR) is 96.4 cm³/mol. The second kappa shape index (κ2) is 7.29. The molecule has 1 aromatic heterocycles. The lowest BCUT2D eigenvalue weighted by molar-refractivity contribution is 0.0347. The molecule has 0 aliphatic carbocycles. The number of benzene rings is 2. The van der Waals surface area contributed by atoms with E-state index in [1.165, 1.54) is 34.8 Å². The molecule has 0 fully saturated rings. The van der Waals surface area contributed by atoms with Gasteiger partial charge in [0.25, 0.3) is 0 Å². The Hall–Kier alpha value is -2.31. The van der Waals surface area contributed by atoms with Crippen LogP contribution in [0, 0.1) is 19.7 Å². The Morgan fingerprint density at radius 1 is 1.16 bits per heavy atom. The van der Waals surface area contributed by atoms with E-state index in [2.05, 4.69) is 36.1 Å². The Bertz CT molecular complexity index is 836. The van der Waals surface area contributed by atoms with Crippen molar-refractivity contribution in [3.63, 3.8) is 0 Å². The summed E-state index contributed by atoms with van der Waals surface area (Å²) in [6.45, 7) is 4.47. The normalized spacial score (nSPS) is 13.6. The van der Waals surface area contributed by atoms with E-state index in [9.17, 15) is 9.50 Å². The van der Waals surface area contributed by atoms with Crippen molar-refractivity contribution in [1.29, 1.82) is 0 Å². The number of nitrogens with zero attached hydrogens (tertiary/aromatic N) is 3. The first-order chi connectivity index (χ1) is 12.0. The van der Waals surface area contributed by atoms with Crippen LogP contribution in [0.25, 0.3) is 0 Å². The summed E-state index contributed by atoms with van der Waals surface area (Å²) in [6.07, 6.45) is 3.02. The minimum Gasteiger partial charge on any atom is -0.384 e. The summed E-state index contributed by atoms with van der Waals surface area (Å²) >= 11 is 0. The average Bonchev–Trinajstić information content (AvgIpc) is 3.09. The maximum atomic E-state index is 13.3. The zero-order valence-corrected chi connectivity index (χ0v) is 15.3. The van der Waals surface area contributed by atoms with Gasteiger partial charge in [0.05, 0.1) is 16.1 Å². The van der Waals surface area contributed by atoms with E-state index >= 15 is 0 Å². The van der Waals surface area contributed by atoms with E-state index in [0.717, 1.165) is 0 Å². The van der Waals surface area contributed by atoms with Gasteiger partial charge in [-0.25, -0.2) is 14.1 Å². The Morgan fingerprint density at radius 2 is 1.92 bits per heavy atom. The van der Waals surface area contributed by atoms with Crippen LogP contribution in [0.2, 0.25) is 6.04 Å². The summed E-state index contributed by atoms with van der Waals surface area (Å²) in [7, 11) is 0.430. The third kappa shape index (κ3) is 4.03. The van der Waals surface area contributed by atoms with Crippen molar-refractivity contribution in [2.24, 2.45) is 0 Å². The molecule has 128 valence electrons. The van der Waals surface area contributed by atoms with Gasteiger partial charge in [0.15, 0.2) is 0 Å². The van der Waals surface area contributed by atoms with Gasteiger partial charge in [-0.05, 0) is 48.7 Å². The molecule has 0 spiro atoms. The molecule has 3 aromatic rings. The minimum atomic E-state index is -1.14. The first kappa shape index (κ1) is 17.5. The molecule has 3 rings (SSSR count). The highest BCUT2D eigenvalue weighted by atomic mass is 28.2. The monoisotopic (exact) mass is 353 g/mol. The molecule has 2 aromatic carbocycles. The molecule has 0 bridgehead atoms. The van der Waals surface area contributed by atoms with E-state index < -0.39 is 5.60 Å². The van der Waals surface area contributed by atoms with Crippen molar-refractivity contribution in [2.75, 3.05) is 0 Å². The van der Waals surface area contributed by atoms with Gasteiger partial charge in [-0.3, -0.25) is 0 Å². The van der Waals surface area contributed by atoms with E-state index in [1.54, 1.807) is 23.1 Å². The molecular formula is C19H20FN3OSi. The molecular weight excluding hydrogens is 333 g/mol. The van der Waals surface area contributed by atoms with Gasteiger partial charge in [-0.15, -0.1) is 0 Å². The van der Waals surface area contributed by atoms with Gasteiger partial charge in [-0.1, -0.05) is 35.5 Å². The summed E-state index contributed by atoms with van der Waals surface area (Å²) in [5.74, 6) is -0.316. The number of aliphatic hydroxyl groups is 1. The first-order valence-corrected chi connectivity index (χ1v) is 9.29. The van der Waals surface area contributed by atoms with E-state index in [1.807, 2.05) is 6.07 Å². The summed E-state index contributed by atoms with van der Waals surface area (Å²) in [6, 6.07) is 12.8. The van der Waals surface area contributed by atoms with Gasteiger partial charge in [-0.2, -0.15) is 5.10 Å². The van der Waals surface area contributed by atoms with Crippen LogP contribution in [0.1, 0.15) is 16.7 Å². The van der Waals surface area contributed by atoms with Crippen molar-refractivity contribution >= 4 is 14.7 Å². The number of halogens is 1. The highest BCUT2D eigenvalue weighted by Gasteiger charge is 2.30. The molecule has 2 radical (unpaired) electrons. The SMILES string of the molecule is Cc1cccc([Si]CC(O)(Cn2cncn2)c2ccc(F)cc2)c1C. The van der Waals surface area contributed by atoms with Crippen molar-refractivity contribution in [2.45, 2.75) is 32.0 Å².